The summed E-state index contributed by atoms with van der Waals surface area (Å²) in [4.78, 5) is 14.6. The Morgan fingerprint density at radius 1 is 1.00 bits per heavy atom. The van der Waals surface area contributed by atoms with Crippen molar-refractivity contribution >= 4 is 16.7 Å². The molecule has 1 amide bonds. The monoisotopic (exact) mass is 362 g/mol. The number of methoxy groups -OCH3 is 1. The van der Waals surface area contributed by atoms with Crippen LogP contribution < -0.4 is 10.1 Å². The third kappa shape index (κ3) is 4.86. The Morgan fingerprint density at radius 2 is 1.67 bits per heavy atom. The van der Waals surface area contributed by atoms with Crippen LogP contribution in [0.25, 0.3) is 10.8 Å². The molecule has 0 radical (unpaired) electrons. The zero-order valence-corrected chi connectivity index (χ0v) is 16.1. The summed E-state index contributed by atoms with van der Waals surface area (Å²) in [5.74, 6) is 0.836. The van der Waals surface area contributed by atoms with E-state index < -0.39 is 0 Å². The molecule has 0 aliphatic rings. The molecule has 1 N–H and O–H groups in total. The molecule has 0 unspecified atom stereocenters. The number of fused-ring (bicyclic) bond motifs is 1. The van der Waals surface area contributed by atoms with Gasteiger partial charge in [-0.1, -0.05) is 48.5 Å². The summed E-state index contributed by atoms with van der Waals surface area (Å²) in [7, 11) is 3.62. The van der Waals surface area contributed by atoms with Crippen molar-refractivity contribution < 1.29 is 9.53 Å². The minimum absolute atomic E-state index is 0.0223. The average molecular weight is 362 g/mol. The standard InChI is InChI=1S/C23H26N2O2/c1-17(23(26)24-15-18-9-12-22(27-3)13-10-18)25(2)16-19-8-11-20-6-4-5-7-21(20)14-19/h4-14,17H,15-16H2,1-3H3,(H,24,26)/t17-/m1/s1. The molecule has 0 aliphatic heterocycles. The van der Waals surface area contributed by atoms with Gasteiger partial charge >= 0.3 is 0 Å². The summed E-state index contributed by atoms with van der Waals surface area (Å²) in [5.41, 5.74) is 2.25. The number of rotatable bonds is 7. The van der Waals surface area contributed by atoms with Crippen LogP contribution >= 0.6 is 0 Å². The summed E-state index contributed by atoms with van der Waals surface area (Å²) in [6.45, 7) is 3.17. The molecule has 0 heterocycles. The highest BCUT2D eigenvalue weighted by Gasteiger charge is 2.18. The second-order valence-corrected chi connectivity index (χ2v) is 6.84. The second kappa shape index (κ2) is 8.69. The maximum atomic E-state index is 12.5. The quantitative estimate of drug-likeness (QED) is 0.691. The number of ether oxygens (including phenoxy) is 1. The van der Waals surface area contributed by atoms with Crippen molar-refractivity contribution in [2.75, 3.05) is 14.2 Å². The predicted octanol–water partition coefficient (Wildman–Crippen LogP) is 3.99. The minimum atomic E-state index is -0.213. The lowest BCUT2D eigenvalue weighted by atomic mass is 10.1. The van der Waals surface area contributed by atoms with Crippen molar-refractivity contribution in [3.05, 3.63) is 77.9 Å². The molecule has 1 atom stereocenters. The van der Waals surface area contributed by atoms with Crippen molar-refractivity contribution in [3.8, 4) is 5.75 Å². The van der Waals surface area contributed by atoms with Crippen molar-refractivity contribution in [1.29, 1.82) is 0 Å². The molecule has 0 aliphatic carbocycles. The second-order valence-electron chi connectivity index (χ2n) is 6.84. The lowest BCUT2D eigenvalue weighted by Gasteiger charge is -2.24. The van der Waals surface area contributed by atoms with E-state index in [0.29, 0.717) is 6.54 Å². The van der Waals surface area contributed by atoms with E-state index >= 15 is 0 Å². The van der Waals surface area contributed by atoms with E-state index in [1.165, 1.54) is 16.3 Å². The summed E-state index contributed by atoms with van der Waals surface area (Å²) in [5, 5.41) is 5.46. The van der Waals surface area contributed by atoms with Gasteiger partial charge in [0.25, 0.3) is 0 Å². The molecule has 3 aromatic rings. The van der Waals surface area contributed by atoms with E-state index in [2.05, 4.69) is 40.5 Å². The smallest absolute Gasteiger partial charge is 0.237 e. The molecule has 0 spiro atoms. The van der Waals surface area contributed by atoms with Gasteiger partial charge in [-0.25, -0.2) is 0 Å². The molecule has 0 fully saturated rings. The van der Waals surface area contributed by atoms with Crippen molar-refractivity contribution in [2.45, 2.75) is 26.1 Å². The first-order valence-corrected chi connectivity index (χ1v) is 9.15. The first kappa shape index (κ1) is 18.9. The molecule has 0 aromatic heterocycles. The Hall–Kier alpha value is -2.85. The van der Waals surface area contributed by atoms with Crippen LogP contribution in [0.15, 0.2) is 66.7 Å². The zero-order chi connectivity index (χ0) is 19.2. The van der Waals surface area contributed by atoms with Crippen molar-refractivity contribution in [3.63, 3.8) is 0 Å². The number of benzene rings is 3. The lowest BCUT2D eigenvalue weighted by molar-refractivity contribution is -0.125. The van der Waals surface area contributed by atoms with Gasteiger partial charge in [0.05, 0.1) is 13.2 Å². The van der Waals surface area contributed by atoms with E-state index in [1.807, 2.05) is 50.4 Å². The third-order valence-corrected chi connectivity index (χ3v) is 4.91. The number of likely N-dealkylation sites (N-methyl/N-ethyl adjacent to an activating group) is 1. The van der Waals surface area contributed by atoms with Gasteiger partial charge in [0.1, 0.15) is 5.75 Å². The van der Waals surface area contributed by atoms with E-state index in [-0.39, 0.29) is 11.9 Å². The summed E-state index contributed by atoms with van der Waals surface area (Å²) in [6, 6.07) is 22.3. The van der Waals surface area contributed by atoms with Crippen LogP contribution in [-0.4, -0.2) is 31.0 Å². The molecule has 27 heavy (non-hydrogen) atoms. The number of nitrogens with one attached hydrogen (secondary N) is 1. The van der Waals surface area contributed by atoms with Crippen LogP contribution in [0.2, 0.25) is 0 Å². The molecule has 3 rings (SSSR count). The number of carbonyl (C=O) groups excluding carboxylic acids is 1. The fraction of sp³-hybridized carbons (Fsp3) is 0.261. The van der Waals surface area contributed by atoms with Crippen LogP contribution in [0, 0.1) is 0 Å². The van der Waals surface area contributed by atoms with Crippen LogP contribution in [0.5, 0.6) is 5.75 Å². The van der Waals surface area contributed by atoms with Gasteiger partial charge in [0.2, 0.25) is 5.91 Å². The molecule has 0 bridgehead atoms. The predicted molar refractivity (Wildman–Crippen MR) is 110 cm³/mol. The Balaban J connectivity index is 1.56. The number of hydrogen-bond donors (Lipinski definition) is 1. The maximum absolute atomic E-state index is 12.5. The molecular formula is C23H26N2O2. The molecule has 3 aromatic carbocycles. The average Bonchev–Trinajstić information content (AvgIpc) is 2.71. The SMILES string of the molecule is COc1ccc(CNC(=O)[C@@H](C)N(C)Cc2ccc3ccccc3c2)cc1. The largest absolute Gasteiger partial charge is 0.497 e. The zero-order valence-electron chi connectivity index (χ0n) is 16.1. The number of hydrogen-bond acceptors (Lipinski definition) is 3. The molecule has 4 heteroatoms. The van der Waals surface area contributed by atoms with Crippen LogP contribution in [0.1, 0.15) is 18.1 Å². The minimum Gasteiger partial charge on any atom is -0.497 e. The molecule has 4 nitrogen and oxygen atoms in total. The summed E-state index contributed by atoms with van der Waals surface area (Å²) < 4.78 is 5.15. The van der Waals surface area contributed by atoms with Crippen LogP contribution in [0.4, 0.5) is 0 Å². The topological polar surface area (TPSA) is 41.6 Å². The molecule has 140 valence electrons. The molecular weight excluding hydrogens is 336 g/mol. The van der Waals surface area contributed by atoms with Gasteiger partial charge in [0, 0.05) is 13.1 Å². The highest BCUT2D eigenvalue weighted by Crippen LogP contribution is 2.17. The Labute approximate surface area is 160 Å². The highest BCUT2D eigenvalue weighted by atomic mass is 16.5. The Bertz CT molecular complexity index is 906. The van der Waals surface area contributed by atoms with E-state index in [1.54, 1.807) is 7.11 Å². The van der Waals surface area contributed by atoms with Gasteiger partial charge in [-0.2, -0.15) is 0 Å². The maximum Gasteiger partial charge on any atom is 0.237 e. The number of carbonyl (C=O) groups is 1. The van der Waals surface area contributed by atoms with Crippen molar-refractivity contribution in [2.24, 2.45) is 0 Å². The van der Waals surface area contributed by atoms with Gasteiger partial charge in [-0.15, -0.1) is 0 Å². The summed E-state index contributed by atoms with van der Waals surface area (Å²) >= 11 is 0. The van der Waals surface area contributed by atoms with E-state index in [0.717, 1.165) is 17.9 Å². The van der Waals surface area contributed by atoms with Gasteiger partial charge in [-0.3, -0.25) is 9.69 Å². The molecule has 0 saturated heterocycles. The number of nitrogens with zero attached hydrogens (tertiary/aromatic N) is 1. The van der Waals surface area contributed by atoms with Gasteiger partial charge in [0.15, 0.2) is 0 Å². The van der Waals surface area contributed by atoms with E-state index in [4.69, 9.17) is 4.74 Å². The third-order valence-electron chi connectivity index (χ3n) is 4.91. The summed E-state index contributed by atoms with van der Waals surface area (Å²) in [6.07, 6.45) is 0. The van der Waals surface area contributed by atoms with Crippen LogP contribution in [-0.2, 0) is 17.9 Å². The fourth-order valence-electron chi connectivity index (χ4n) is 3.04. The van der Waals surface area contributed by atoms with Gasteiger partial charge in [-0.05, 0) is 54.1 Å². The van der Waals surface area contributed by atoms with E-state index in [9.17, 15) is 4.79 Å². The molecule has 0 saturated carbocycles. The Kier molecular flexibility index (Phi) is 6.09. The first-order valence-electron chi connectivity index (χ1n) is 9.15. The highest BCUT2D eigenvalue weighted by molar-refractivity contribution is 5.83. The van der Waals surface area contributed by atoms with Crippen LogP contribution in [0.3, 0.4) is 0 Å². The Morgan fingerprint density at radius 3 is 2.37 bits per heavy atom. The number of amides is 1. The fourth-order valence-corrected chi connectivity index (χ4v) is 3.04. The van der Waals surface area contributed by atoms with Gasteiger partial charge < -0.3 is 10.1 Å². The lowest BCUT2D eigenvalue weighted by Crippen LogP contribution is -2.42. The first-order chi connectivity index (χ1) is 13.1. The normalized spacial score (nSPS) is 12.1. The van der Waals surface area contributed by atoms with Crippen molar-refractivity contribution in [1.82, 2.24) is 10.2 Å².